The number of rotatable bonds is 8. The molecular weight excluding hydrogens is 559 g/mol. The Morgan fingerprint density at radius 1 is 0.973 bits per heavy atom. The lowest BCUT2D eigenvalue weighted by Crippen LogP contribution is -2.49. The van der Waals surface area contributed by atoms with E-state index in [1.54, 1.807) is 42.5 Å². The molecule has 1 heterocycles. The van der Waals surface area contributed by atoms with Gasteiger partial charge in [-0.3, -0.25) is 14.4 Å². The van der Waals surface area contributed by atoms with Gasteiger partial charge in [0.15, 0.2) is 0 Å². The summed E-state index contributed by atoms with van der Waals surface area (Å²) in [5.41, 5.74) is 2.14. The quantitative estimate of drug-likeness (QED) is 0.393. The van der Waals surface area contributed by atoms with Gasteiger partial charge in [0, 0.05) is 48.8 Å². The number of nitrogens with one attached hydrogen (secondary N) is 2. The normalized spacial score (nSPS) is 14.6. The molecule has 0 aromatic heterocycles. The van der Waals surface area contributed by atoms with Gasteiger partial charge in [-0.05, 0) is 74.0 Å². The smallest absolute Gasteiger partial charge is 0.261 e. The summed E-state index contributed by atoms with van der Waals surface area (Å²) < 4.78 is 43.1. The van der Waals surface area contributed by atoms with Gasteiger partial charge in [0.05, 0.1) is 16.3 Å². The number of amides is 1. The molecule has 0 saturated carbocycles. The van der Waals surface area contributed by atoms with Gasteiger partial charge in [0.2, 0.25) is 0 Å². The number of nitrogens with zero attached hydrogens (tertiary/aromatic N) is 2. The number of halogens is 2. The Morgan fingerprint density at radius 3 is 2.24 bits per heavy atom. The highest BCUT2D eigenvalue weighted by Crippen LogP contribution is 2.31. The van der Waals surface area contributed by atoms with E-state index in [4.69, 9.17) is 0 Å². The van der Waals surface area contributed by atoms with Crippen LogP contribution in [0.3, 0.4) is 0 Å². The lowest BCUT2D eigenvalue weighted by Gasteiger charge is -2.38. The summed E-state index contributed by atoms with van der Waals surface area (Å²) >= 11 is 3.33. The van der Waals surface area contributed by atoms with Crippen molar-refractivity contribution in [3.8, 4) is 0 Å². The van der Waals surface area contributed by atoms with E-state index in [1.807, 2.05) is 0 Å². The highest BCUT2D eigenvalue weighted by atomic mass is 79.9. The van der Waals surface area contributed by atoms with Crippen molar-refractivity contribution in [2.24, 2.45) is 0 Å². The molecule has 37 heavy (non-hydrogen) atoms. The van der Waals surface area contributed by atoms with Gasteiger partial charge in [-0.1, -0.05) is 28.1 Å². The van der Waals surface area contributed by atoms with Gasteiger partial charge < -0.3 is 10.2 Å². The Hall–Kier alpha value is -2.95. The largest absolute Gasteiger partial charge is 0.367 e. The van der Waals surface area contributed by atoms with Gasteiger partial charge in [0.25, 0.3) is 15.9 Å². The second kappa shape index (κ2) is 11.6. The van der Waals surface area contributed by atoms with Crippen LogP contribution >= 0.6 is 15.9 Å². The minimum absolute atomic E-state index is 0.123. The molecule has 0 aliphatic carbocycles. The standard InChI is InChI=1S/C27H30BrFN4O3S/c1-19(2)32-13-15-33(16-14-32)26-12-5-21(27(34)30-18-20-3-8-23(29)9-4-20)17-25(26)31-37(35,36)24-10-6-22(28)7-11-24/h3-12,17,19,31H,13-16,18H2,1-2H3,(H,30,34). The Morgan fingerprint density at radius 2 is 1.62 bits per heavy atom. The molecule has 0 atom stereocenters. The highest BCUT2D eigenvalue weighted by molar-refractivity contribution is 9.10. The van der Waals surface area contributed by atoms with Gasteiger partial charge in [-0.25, -0.2) is 12.8 Å². The summed E-state index contributed by atoms with van der Waals surface area (Å²) in [6, 6.07) is 17.7. The summed E-state index contributed by atoms with van der Waals surface area (Å²) in [4.78, 5) is 17.6. The topological polar surface area (TPSA) is 81.8 Å². The van der Waals surface area contributed by atoms with E-state index in [2.05, 4.69) is 49.6 Å². The maximum atomic E-state index is 13.2. The van der Waals surface area contributed by atoms with E-state index >= 15 is 0 Å². The number of sulfonamides is 1. The van der Waals surface area contributed by atoms with E-state index in [9.17, 15) is 17.6 Å². The van der Waals surface area contributed by atoms with Crippen molar-refractivity contribution in [3.05, 3.63) is 88.1 Å². The molecule has 2 N–H and O–H groups in total. The SMILES string of the molecule is CC(C)N1CCN(c2ccc(C(=O)NCc3ccc(F)cc3)cc2NS(=O)(=O)c2ccc(Br)cc2)CC1. The van der Waals surface area contributed by atoms with Crippen LogP contribution in [0.15, 0.2) is 76.1 Å². The minimum Gasteiger partial charge on any atom is -0.367 e. The average molecular weight is 590 g/mol. The van der Waals surface area contributed by atoms with Gasteiger partial charge in [0.1, 0.15) is 5.82 Å². The first kappa shape index (κ1) is 27.1. The Bertz CT molecular complexity index is 1340. The molecule has 7 nitrogen and oxygen atoms in total. The Labute approximate surface area is 225 Å². The van der Waals surface area contributed by atoms with Crippen molar-refractivity contribution in [2.75, 3.05) is 35.8 Å². The van der Waals surface area contributed by atoms with Crippen LogP contribution in [0.2, 0.25) is 0 Å². The third-order valence-corrected chi connectivity index (χ3v) is 8.29. The minimum atomic E-state index is -3.89. The van der Waals surface area contributed by atoms with Crippen LogP contribution in [0.4, 0.5) is 15.8 Å². The van der Waals surface area contributed by atoms with Crippen LogP contribution < -0.4 is 14.9 Å². The van der Waals surface area contributed by atoms with Gasteiger partial charge in [-0.15, -0.1) is 0 Å². The van der Waals surface area contributed by atoms with E-state index in [0.717, 1.165) is 41.9 Å². The third-order valence-electron chi connectivity index (χ3n) is 6.38. The first-order valence-electron chi connectivity index (χ1n) is 12.1. The maximum Gasteiger partial charge on any atom is 0.261 e. The number of anilines is 2. The van der Waals surface area contributed by atoms with E-state index < -0.39 is 10.0 Å². The van der Waals surface area contributed by atoms with Crippen LogP contribution in [-0.4, -0.2) is 51.4 Å². The monoisotopic (exact) mass is 588 g/mol. The fraction of sp³-hybridized carbons (Fsp3) is 0.296. The molecule has 0 spiro atoms. The van der Waals surface area contributed by atoms with Crippen LogP contribution in [0.1, 0.15) is 29.8 Å². The molecule has 1 aliphatic rings. The molecule has 3 aromatic carbocycles. The van der Waals surface area contributed by atoms with Crippen LogP contribution in [0.5, 0.6) is 0 Å². The molecule has 0 bridgehead atoms. The zero-order chi connectivity index (χ0) is 26.6. The zero-order valence-electron chi connectivity index (χ0n) is 20.7. The molecule has 3 aromatic rings. The summed E-state index contributed by atoms with van der Waals surface area (Å²) in [5, 5.41) is 2.82. The third kappa shape index (κ3) is 6.88. The number of carbonyl (C=O) groups is 1. The van der Waals surface area contributed by atoms with Crippen molar-refractivity contribution < 1.29 is 17.6 Å². The number of piperazine rings is 1. The first-order chi connectivity index (χ1) is 17.6. The fourth-order valence-electron chi connectivity index (χ4n) is 4.22. The number of benzene rings is 3. The molecule has 196 valence electrons. The lowest BCUT2D eigenvalue weighted by atomic mass is 10.1. The van der Waals surface area contributed by atoms with Crippen molar-refractivity contribution in [1.82, 2.24) is 10.2 Å². The molecule has 1 amide bonds. The molecule has 4 rings (SSSR count). The van der Waals surface area contributed by atoms with Crippen molar-refractivity contribution in [2.45, 2.75) is 31.3 Å². The highest BCUT2D eigenvalue weighted by Gasteiger charge is 2.24. The molecule has 10 heteroatoms. The summed E-state index contributed by atoms with van der Waals surface area (Å²) in [7, 11) is -3.89. The van der Waals surface area contributed by atoms with E-state index in [1.165, 1.54) is 24.3 Å². The lowest BCUT2D eigenvalue weighted by molar-refractivity contribution is 0.0951. The summed E-state index contributed by atoms with van der Waals surface area (Å²) in [5.74, 6) is -0.702. The van der Waals surface area contributed by atoms with Gasteiger partial charge in [-0.2, -0.15) is 0 Å². The molecule has 1 aliphatic heterocycles. The summed E-state index contributed by atoms with van der Waals surface area (Å²) in [6.45, 7) is 7.73. The molecule has 1 fully saturated rings. The molecule has 0 radical (unpaired) electrons. The first-order valence-corrected chi connectivity index (χ1v) is 14.3. The molecular formula is C27H30BrFN4O3S. The maximum absolute atomic E-state index is 13.2. The van der Waals surface area contributed by atoms with Crippen LogP contribution in [-0.2, 0) is 16.6 Å². The molecule has 1 saturated heterocycles. The summed E-state index contributed by atoms with van der Waals surface area (Å²) in [6.07, 6.45) is 0. The fourth-order valence-corrected chi connectivity index (χ4v) is 5.55. The average Bonchev–Trinajstić information content (AvgIpc) is 2.88. The van der Waals surface area contributed by atoms with E-state index in [0.29, 0.717) is 17.3 Å². The van der Waals surface area contributed by atoms with Crippen molar-refractivity contribution >= 4 is 43.2 Å². The molecule has 0 unspecified atom stereocenters. The zero-order valence-corrected chi connectivity index (χ0v) is 23.1. The number of hydrogen-bond donors (Lipinski definition) is 2. The second-order valence-electron chi connectivity index (χ2n) is 9.22. The Kier molecular flexibility index (Phi) is 8.51. The van der Waals surface area contributed by atoms with E-state index in [-0.39, 0.29) is 23.2 Å². The predicted octanol–water partition coefficient (Wildman–Crippen LogP) is 4.85. The van der Waals surface area contributed by atoms with Crippen molar-refractivity contribution in [1.29, 1.82) is 0 Å². The van der Waals surface area contributed by atoms with Crippen molar-refractivity contribution in [3.63, 3.8) is 0 Å². The second-order valence-corrected chi connectivity index (χ2v) is 11.8. The number of hydrogen-bond acceptors (Lipinski definition) is 5. The number of carbonyl (C=O) groups excluding carboxylic acids is 1. The van der Waals surface area contributed by atoms with Gasteiger partial charge >= 0.3 is 0 Å². The predicted molar refractivity (Wildman–Crippen MR) is 148 cm³/mol. The van der Waals surface area contributed by atoms with Crippen LogP contribution in [0, 0.1) is 5.82 Å². The Balaban J connectivity index is 1.60. The van der Waals surface area contributed by atoms with Crippen LogP contribution in [0.25, 0.3) is 0 Å².